The highest BCUT2D eigenvalue weighted by Gasteiger charge is 2.28. The Morgan fingerprint density at radius 1 is 1.22 bits per heavy atom. The third-order valence-corrected chi connectivity index (χ3v) is 5.91. The van der Waals surface area contributed by atoms with Gasteiger partial charge in [0.1, 0.15) is 5.01 Å². The van der Waals surface area contributed by atoms with E-state index in [0.717, 1.165) is 62.1 Å². The molecule has 1 N–H and O–H groups in total. The first-order valence-electron chi connectivity index (χ1n) is 8.60. The van der Waals surface area contributed by atoms with Crippen molar-refractivity contribution in [1.29, 1.82) is 0 Å². The molecule has 1 aromatic rings. The SMILES string of the molecule is CC(C)c1nnc(N2CCC(C(=O)NC3CCOCC3)CC2)s1. The van der Waals surface area contributed by atoms with Crippen molar-refractivity contribution in [3.63, 3.8) is 0 Å². The fourth-order valence-corrected chi connectivity index (χ4v) is 3.98. The molecule has 0 unspecified atom stereocenters. The van der Waals surface area contributed by atoms with Gasteiger partial charge in [-0.25, -0.2) is 0 Å². The molecule has 0 aromatic carbocycles. The van der Waals surface area contributed by atoms with Gasteiger partial charge in [-0.15, -0.1) is 10.2 Å². The van der Waals surface area contributed by atoms with Crippen molar-refractivity contribution >= 4 is 22.4 Å². The van der Waals surface area contributed by atoms with Gasteiger partial charge in [0, 0.05) is 44.2 Å². The Bertz CT molecular complexity index is 520. The van der Waals surface area contributed by atoms with E-state index in [2.05, 4.69) is 34.3 Å². The highest BCUT2D eigenvalue weighted by atomic mass is 32.1. The van der Waals surface area contributed by atoms with Gasteiger partial charge in [0.15, 0.2) is 0 Å². The second-order valence-corrected chi connectivity index (χ2v) is 7.72. The second-order valence-electron chi connectivity index (χ2n) is 6.73. The maximum atomic E-state index is 12.4. The highest BCUT2D eigenvalue weighted by molar-refractivity contribution is 7.15. The fourth-order valence-electron chi connectivity index (χ4n) is 3.08. The lowest BCUT2D eigenvalue weighted by atomic mass is 9.95. The molecule has 6 nitrogen and oxygen atoms in total. The Balaban J connectivity index is 1.48. The Hall–Kier alpha value is -1.21. The van der Waals surface area contributed by atoms with E-state index in [1.807, 2.05) is 0 Å². The molecule has 3 heterocycles. The first-order chi connectivity index (χ1) is 11.1. The molecule has 0 aliphatic carbocycles. The summed E-state index contributed by atoms with van der Waals surface area (Å²) in [7, 11) is 0. The van der Waals surface area contributed by atoms with Crippen molar-refractivity contribution in [2.75, 3.05) is 31.2 Å². The number of ether oxygens (including phenoxy) is 1. The Kier molecular flexibility index (Phi) is 5.48. The summed E-state index contributed by atoms with van der Waals surface area (Å²) in [5.74, 6) is 0.771. The molecule has 1 amide bonds. The zero-order chi connectivity index (χ0) is 16.2. The van der Waals surface area contributed by atoms with E-state index in [9.17, 15) is 4.79 Å². The number of piperidine rings is 1. The second kappa shape index (κ2) is 7.57. The van der Waals surface area contributed by atoms with Gasteiger partial charge in [-0.3, -0.25) is 4.79 Å². The van der Waals surface area contributed by atoms with E-state index in [1.165, 1.54) is 0 Å². The van der Waals surface area contributed by atoms with Crippen molar-refractivity contribution in [3.05, 3.63) is 5.01 Å². The summed E-state index contributed by atoms with van der Waals surface area (Å²) in [6.07, 6.45) is 3.66. The van der Waals surface area contributed by atoms with E-state index >= 15 is 0 Å². The van der Waals surface area contributed by atoms with Crippen LogP contribution in [0.5, 0.6) is 0 Å². The molecule has 23 heavy (non-hydrogen) atoms. The van der Waals surface area contributed by atoms with Crippen molar-refractivity contribution in [3.8, 4) is 0 Å². The molecule has 2 fully saturated rings. The van der Waals surface area contributed by atoms with E-state index in [4.69, 9.17) is 4.74 Å². The van der Waals surface area contributed by atoms with Crippen LogP contribution in [-0.4, -0.2) is 48.4 Å². The van der Waals surface area contributed by atoms with Gasteiger partial charge in [0.25, 0.3) is 0 Å². The third kappa shape index (κ3) is 4.20. The van der Waals surface area contributed by atoms with Gasteiger partial charge in [-0.2, -0.15) is 0 Å². The van der Waals surface area contributed by atoms with Gasteiger partial charge in [0.05, 0.1) is 0 Å². The molecule has 3 rings (SSSR count). The van der Waals surface area contributed by atoms with Gasteiger partial charge in [-0.1, -0.05) is 25.2 Å². The summed E-state index contributed by atoms with van der Waals surface area (Å²) in [6.45, 7) is 7.57. The molecular weight excluding hydrogens is 312 g/mol. The molecule has 2 aliphatic rings. The molecular formula is C16H26N4O2S. The van der Waals surface area contributed by atoms with Crippen LogP contribution in [-0.2, 0) is 9.53 Å². The molecule has 2 saturated heterocycles. The minimum atomic E-state index is 0.131. The number of carbonyl (C=O) groups excluding carboxylic acids is 1. The number of carbonyl (C=O) groups is 1. The van der Waals surface area contributed by atoms with Crippen LogP contribution in [0.1, 0.15) is 50.5 Å². The van der Waals surface area contributed by atoms with E-state index in [0.29, 0.717) is 12.0 Å². The lowest BCUT2D eigenvalue weighted by Gasteiger charge is -2.32. The summed E-state index contributed by atoms with van der Waals surface area (Å²) >= 11 is 1.67. The Morgan fingerprint density at radius 2 is 1.91 bits per heavy atom. The summed E-state index contributed by atoms with van der Waals surface area (Å²) in [5, 5.41) is 13.8. The predicted octanol–water partition coefficient (Wildman–Crippen LogP) is 2.17. The first-order valence-corrected chi connectivity index (χ1v) is 9.41. The largest absolute Gasteiger partial charge is 0.381 e. The zero-order valence-corrected chi connectivity index (χ0v) is 14.8. The number of aromatic nitrogens is 2. The lowest BCUT2D eigenvalue weighted by molar-refractivity contribution is -0.126. The van der Waals surface area contributed by atoms with E-state index in [1.54, 1.807) is 11.3 Å². The molecule has 128 valence electrons. The summed E-state index contributed by atoms with van der Waals surface area (Å²) in [4.78, 5) is 14.7. The highest BCUT2D eigenvalue weighted by Crippen LogP contribution is 2.29. The minimum Gasteiger partial charge on any atom is -0.381 e. The molecule has 2 aliphatic heterocycles. The zero-order valence-electron chi connectivity index (χ0n) is 14.0. The van der Waals surface area contributed by atoms with Gasteiger partial charge >= 0.3 is 0 Å². The summed E-state index contributed by atoms with van der Waals surface area (Å²) < 4.78 is 5.34. The average Bonchev–Trinajstić information content (AvgIpc) is 3.06. The number of anilines is 1. The average molecular weight is 338 g/mol. The van der Waals surface area contributed by atoms with Crippen LogP contribution in [0.15, 0.2) is 0 Å². The van der Waals surface area contributed by atoms with Crippen molar-refractivity contribution in [1.82, 2.24) is 15.5 Å². The van der Waals surface area contributed by atoms with Gasteiger partial charge in [-0.05, 0) is 25.7 Å². The number of amides is 1. The summed E-state index contributed by atoms with van der Waals surface area (Å²) in [5.41, 5.74) is 0. The fraction of sp³-hybridized carbons (Fsp3) is 0.812. The van der Waals surface area contributed by atoms with Gasteiger partial charge < -0.3 is 15.0 Å². The molecule has 0 atom stereocenters. The van der Waals surface area contributed by atoms with Crippen LogP contribution in [0.2, 0.25) is 0 Å². The number of hydrogen-bond acceptors (Lipinski definition) is 6. The molecule has 0 bridgehead atoms. The topological polar surface area (TPSA) is 67.4 Å². The van der Waals surface area contributed by atoms with E-state index in [-0.39, 0.29) is 11.8 Å². The van der Waals surface area contributed by atoms with Crippen LogP contribution in [0, 0.1) is 5.92 Å². The van der Waals surface area contributed by atoms with Gasteiger partial charge in [0.2, 0.25) is 11.0 Å². The number of hydrogen-bond donors (Lipinski definition) is 1. The lowest BCUT2D eigenvalue weighted by Crippen LogP contribution is -2.45. The molecule has 0 radical (unpaired) electrons. The smallest absolute Gasteiger partial charge is 0.223 e. The third-order valence-electron chi connectivity index (χ3n) is 4.63. The molecule has 0 spiro atoms. The monoisotopic (exact) mass is 338 g/mol. The van der Waals surface area contributed by atoms with Crippen molar-refractivity contribution in [2.45, 2.75) is 51.5 Å². The first kappa shape index (κ1) is 16.6. The molecule has 0 saturated carbocycles. The number of rotatable bonds is 4. The van der Waals surface area contributed by atoms with Crippen LogP contribution in [0.25, 0.3) is 0 Å². The predicted molar refractivity (Wildman–Crippen MR) is 90.9 cm³/mol. The number of nitrogens with one attached hydrogen (secondary N) is 1. The standard InChI is InChI=1S/C16H26N4O2S/c1-11(2)15-18-19-16(23-15)20-7-3-12(4-8-20)14(21)17-13-5-9-22-10-6-13/h11-13H,3-10H2,1-2H3,(H,17,21). The van der Waals surface area contributed by atoms with Crippen molar-refractivity contribution < 1.29 is 9.53 Å². The molecule has 7 heteroatoms. The normalized spacial score (nSPS) is 20.9. The van der Waals surface area contributed by atoms with Crippen LogP contribution in [0.4, 0.5) is 5.13 Å². The number of nitrogens with zero attached hydrogens (tertiary/aromatic N) is 3. The quantitative estimate of drug-likeness (QED) is 0.911. The Morgan fingerprint density at radius 3 is 2.52 bits per heavy atom. The molecule has 1 aromatic heterocycles. The maximum absolute atomic E-state index is 12.4. The van der Waals surface area contributed by atoms with E-state index < -0.39 is 0 Å². The van der Waals surface area contributed by atoms with Crippen LogP contribution >= 0.6 is 11.3 Å². The Labute approximate surface area is 141 Å². The van der Waals surface area contributed by atoms with Crippen LogP contribution < -0.4 is 10.2 Å². The van der Waals surface area contributed by atoms with Crippen LogP contribution in [0.3, 0.4) is 0 Å². The maximum Gasteiger partial charge on any atom is 0.223 e. The summed E-state index contributed by atoms with van der Waals surface area (Å²) in [6, 6.07) is 0.297. The minimum absolute atomic E-state index is 0.131. The van der Waals surface area contributed by atoms with Crippen molar-refractivity contribution in [2.24, 2.45) is 5.92 Å².